The molecule has 1 aliphatic carbocycles. The van der Waals surface area contributed by atoms with Crippen LogP contribution in [0.4, 0.5) is 0 Å². The Labute approximate surface area is 406 Å². The van der Waals surface area contributed by atoms with Crippen molar-refractivity contribution in [3.8, 4) is 0 Å². The van der Waals surface area contributed by atoms with Gasteiger partial charge in [0.2, 0.25) is 5.79 Å². The Balaban J connectivity index is 1.70. The van der Waals surface area contributed by atoms with Crippen molar-refractivity contribution in [1.82, 2.24) is 9.99 Å². The van der Waals surface area contributed by atoms with Crippen molar-refractivity contribution in [3.05, 3.63) is 47.6 Å². The van der Waals surface area contributed by atoms with Crippen LogP contribution in [0.15, 0.2) is 47.6 Å². The Bertz CT molecular complexity index is 1880. The molecule has 0 spiro atoms. The van der Waals surface area contributed by atoms with Crippen LogP contribution >= 0.6 is 7.95 Å². The van der Waals surface area contributed by atoms with Gasteiger partial charge in [-0.25, -0.2) is 4.79 Å². The number of hydrogen-bond acceptors (Lipinski definition) is 13. The minimum Gasteiger partial charge on any atom is -0.460 e. The van der Waals surface area contributed by atoms with Crippen LogP contribution in [0.25, 0.3) is 0 Å². The number of methoxy groups -OCH3 is 3. The maximum atomic E-state index is 14.5. The molecule has 4 unspecified atom stereocenters. The smallest absolute Gasteiger partial charge is 0.429 e. The Morgan fingerprint density at radius 1 is 0.897 bits per heavy atom. The summed E-state index contributed by atoms with van der Waals surface area (Å²) < 4.78 is 41.8. The summed E-state index contributed by atoms with van der Waals surface area (Å²) in [5.41, 5.74) is 1.26. The standard InChI is InChI=1S/C52H82N2O13P/c1-31-17-13-12-14-18-32(2)43(63-8)29-39-22-20-37(7)52(61,67-39)49(58)50(59)54-24-16-15-19-41(54)51(60)66-44(34(4)27-38-21-23-40(53-68(11)62)45(28-38)64-9)30-42(55)33(3)26-36(6)47(57)48(65-10)46(56)35(5)25-31/h12-14,17-18,26,31,33-35,37-41,43-45,47-48,57,61H,15-16,19-25,27-30H2,1-11H3,(H,53,62)/q+1/b14-12?,17-13+,32-18?,36-26+/t31-,33-,34-,35-,37-,38+,39?,40?,41?,43+,44+,45-,47-,48+,52-/m1/s1. The highest BCUT2D eigenvalue weighted by molar-refractivity contribution is 7.41. The zero-order valence-electron chi connectivity index (χ0n) is 42.5. The number of aliphatic hydroxyl groups excluding tert-OH is 1. The van der Waals surface area contributed by atoms with Crippen molar-refractivity contribution in [2.24, 2.45) is 35.5 Å². The van der Waals surface area contributed by atoms with E-state index in [2.05, 4.69) is 5.09 Å². The molecule has 68 heavy (non-hydrogen) atoms. The van der Waals surface area contributed by atoms with Crippen LogP contribution in [-0.4, -0.2) is 133 Å². The summed E-state index contributed by atoms with van der Waals surface area (Å²) in [4.78, 5) is 72.1. The lowest BCUT2D eigenvalue weighted by molar-refractivity contribution is -0.265. The van der Waals surface area contributed by atoms with E-state index in [-0.39, 0.29) is 60.9 Å². The molecule has 2 bridgehead atoms. The minimum atomic E-state index is -2.43. The maximum Gasteiger partial charge on any atom is 0.429 e. The molecule has 0 radical (unpaired) electrons. The Hall–Kier alpha value is -3.27. The van der Waals surface area contributed by atoms with Crippen molar-refractivity contribution in [3.63, 3.8) is 0 Å². The van der Waals surface area contributed by atoms with Gasteiger partial charge < -0.3 is 38.8 Å². The molecule has 3 fully saturated rings. The highest BCUT2D eigenvalue weighted by Crippen LogP contribution is 2.38. The van der Waals surface area contributed by atoms with E-state index < -0.39 is 85.7 Å². The van der Waals surface area contributed by atoms with E-state index in [1.807, 2.05) is 58.1 Å². The number of allylic oxidation sites excluding steroid dienone is 6. The van der Waals surface area contributed by atoms with Gasteiger partial charge in [-0.15, -0.1) is 5.09 Å². The van der Waals surface area contributed by atoms with Gasteiger partial charge in [0, 0.05) is 58.5 Å². The van der Waals surface area contributed by atoms with Crippen molar-refractivity contribution in [1.29, 1.82) is 0 Å². The number of cyclic esters (lactones) is 1. The van der Waals surface area contributed by atoms with Crippen LogP contribution in [-0.2, 0) is 52.2 Å². The number of piperidine rings is 1. The number of amides is 1. The lowest BCUT2D eigenvalue weighted by Gasteiger charge is -2.42. The second kappa shape index (κ2) is 26.8. The predicted molar refractivity (Wildman–Crippen MR) is 260 cm³/mol. The van der Waals surface area contributed by atoms with Gasteiger partial charge in [-0.3, -0.25) is 19.2 Å². The molecule has 16 heteroatoms. The predicted octanol–water partition coefficient (Wildman–Crippen LogP) is 7.15. The molecular formula is C52H82N2O13P+. The van der Waals surface area contributed by atoms with Crippen LogP contribution in [0, 0.1) is 35.5 Å². The molecular weight excluding hydrogens is 892 g/mol. The summed E-state index contributed by atoms with van der Waals surface area (Å²) in [6, 6.07) is -1.22. The summed E-state index contributed by atoms with van der Waals surface area (Å²) in [5.74, 6) is -7.97. The summed E-state index contributed by atoms with van der Waals surface area (Å²) in [6.45, 7) is 14.4. The SMILES string of the molecule is CO[C@H]1CC2CC[C@@H](C)[C@@](O)(O2)C(=O)C(=O)N2CCCCC2C(=O)O[C@H]([C@H](C)C[C@@H]2CCC(N[P+](C)=O)[C@H](OC)C2)CC(=O)[C@H](C)/C=C(\C)[C@@H](O)[C@@H](OC)C(=O)[C@H](C)C[C@H](C)/C=C/C=CC=C1C. The number of hydrogen-bond donors (Lipinski definition) is 3. The first-order valence-electron chi connectivity index (χ1n) is 24.8. The highest BCUT2D eigenvalue weighted by Gasteiger charge is 2.53. The van der Waals surface area contributed by atoms with E-state index in [0.29, 0.717) is 56.9 Å². The van der Waals surface area contributed by atoms with Crippen LogP contribution in [0.5, 0.6) is 0 Å². The minimum absolute atomic E-state index is 0.0153. The van der Waals surface area contributed by atoms with Crippen LogP contribution in [0.1, 0.15) is 126 Å². The van der Waals surface area contributed by atoms with Crippen LogP contribution < -0.4 is 5.09 Å². The van der Waals surface area contributed by atoms with Crippen molar-refractivity contribution in [2.75, 3.05) is 34.5 Å². The van der Waals surface area contributed by atoms with Gasteiger partial charge in [0.15, 0.2) is 12.4 Å². The van der Waals surface area contributed by atoms with E-state index in [0.717, 1.165) is 18.4 Å². The van der Waals surface area contributed by atoms with E-state index in [1.165, 1.54) is 12.0 Å². The molecule has 3 aliphatic heterocycles. The number of aliphatic hydroxyl groups is 2. The van der Waals surface area contributed by atoms with Gasteiger partial charge in [-0.2, -0.15) is 0 Å². The zero-order chi connectivity index (χ0) is 50.5. The molecule has 4 aliphatic rings. The third-order valence-electron chi connectivity index (χ3n) is 14.9. The Kier molecular flexibility index (Phi) is 22.6. The Morgan fingerprint density at radius 3 is 2.28 bits per heavy atom. The topological polar surface area (TPSA) is 204 Å². The number of Topliss-reactive ketones (excluding diaryl/α,β-unsaturated/α-hetero) is 3. The second-order valence-electron chi connectivity index (χ2n) is 20.3. The third kappa shape index (κ3) is 15.4. The van der Waals surface area contributed by atoms with Crippen molar-refractivity contribution < 1.29 is 62.4 Å². The Morgan fingerprint density at radius 2 is 1.62 bits per heavy atom. The number of rotatable bonds is 8. The first kappa shape index (κ1) is 57.3. The van der Waals surface area contributed by atoms with E-state index >= 15 is 0 Å². The quantitative estimate of drug-likeness (QED) is 0.0957. The molecule has 16 atom stereocenters. The second-order valence-corrected chi connectivity index (χ2v) is 21.5. The fraction of sp³-hybridized carbons (Fsp3) is 0.750. The van der Waals surface area contributed by atoms with E-state index in [4.69, 9.17) is 23.7 Å². The van der Waals surface area contributed by atoms with Crippen LogP contribution in [0.3, 0.4) is 0 Å². The van der Waals surface area contributed by atoms with Gasteiger partial charge in [-0.1, -0.05) is 75.6 Å². The van der Waals surface area contributed by atoms with Gasteiger partial charge in [-0.05, 0) is 107 Å². The average Bonchev–Trinajstić information content (AvgIpc) is 3.30. The van der Waals surface area contributed by atoms with Crippen molar-refractivity contribution in [2.45, 2.75) is 180 Å². The van der Waals surface area contributed by atoms with Gasteiger partial charge in [0.25, 0.3) is 11.7 Å². The fourth-order valence-electron chi connectivity index (χ4n) is 10.5. The number of nitrogens with zero attached hydrogens (tertiary/aromatic N) is 1. The maximum absolute atomic E-state index is 14.5. The summed E-state index contributed by atoms with van der Waals surface area (Å²) in [7, 11) is 3.00. The average molecular weight is 974 g/mol. The normalized spacial score (nSPS) is 38.1. The molecule has 1 amide bonds. The monoisotopic (exact) mass is 974 g/mol. The number of carbonyl (C=O) groups excluding carboxylic acids is 5. The van der Waals surface area contributed by atoms with Gasteiger partial charge in [0.05, 0.1) is 24.4 Å². The number of esters is 1. The summed E-state index contributed by atoms with van der Waals surface area (Å²) >= 11 is 0. The van der Waals surface area contributed by atoms with E-state index in [9.17, 15) is 38.8 Å². The van der Waals surface area contributed by atoms with E-state index in [1.54, 1.807) is 47.7 Å². The first-order valence-corrected chi connectivity index (χ1v) is 26.5. The van der Waals surface area contributed by atoms with Crippen LogP contribution in [0.2, 0.25) is 0 Å². The number of carbonyl (C=O) groups is 5. The van der Waals surface area contributed by atoms with Crippen molar-refractivity contribution >= 4 is 37.2 Å². The molecule has 3 N–H and O–H groups in total. The number of nitrogens with one attached hydrogen (secondary N) is 1. The molecule has 3 heterocycles. The molecule has 2 saturated heterocycles. The number of ketones is 3. The first-order chi connectivity index (χ1) is 32.1. The molecule has 1 saturated carbocycles. The molecule has 382 valence electrons. The highest BCUT2D eigenvalue weighted by atomic mass is 31.1. The molecule has 0 aromatic carbocycles. The lowest BCUT2D eigenvalue weighted by atomic mass is 9.78. The lowest BCUT2D eigenvalue weighted by Crippen LogP contribution is -2.61. The summed E-state index contributed by atoms with van der Waals surface area (Å²) in [5, 5.41) is 26.6. The number of ether oxygens (including phenoxy) is 5. The molecule has 15 nitrogen and oxygen atoms in total. The molecule has 4 rings (SSSR count). The third-order valence-corrected chi connectivity index (χ3v) is 15.6. The largest absolute Gasteiger partial charge is 0.460 e. The fourth-order valence-corrected chi connectivity index (χ4v) is 11.3. The van der Waals surface area contributed by atoms with Gasteiger partial charge >= 0.3 is 13.9 Å². The summed E-state index contributed by atoms with van der Waals surface area (Å²) in [6.07, 6.45) is 12.2. The number of fused-ring (bicyclic) bond motifs is 3. The zero-order valence-corrected chi connectivity index (χ0v) is 43.4. The molecule has 0 aromatic rings. The molecule has 0 aromatic heterocycles. The van der Waals surface area contributed by atoms with Gasteiger partial charge in [0.1, 0.15) is 30.1 Å².